The number of pyridine rings is 1. The minimum Gasteiger partial charge on any atom is -0.484 e. The summed E-state index contributed by atoms with van der Waals surface area (Å²) in [4.78, 5) is 6.87. The Morgan fingerprint density at radius 1 is 1.40 bits per heavy atom. The third kappa shape index (κ3) is 2.05. The fraction of sp³-hybridized carbons (Fsp3) is 0.667. The molecule has 0 saturated carbocycles. The van der Waals surface area contributed by atoms with E-state index in [1.54, 1.807) is 0 Å². The third-order valence-electron chi connectivity index (χ3n) is 4.56. The summed E-state index contributed by atoms with van der Waals surface area (Å²) >= 11 is 0. The highest BCUT2D eigenvalue weighted by atomic mass is 16.5. The summed E-state index contributed by atoms with van der Waals surface area (Å²) in [5, 5.41) is 3.49. The highest BCUT2D eigenvalue weighted by Crippen LogP contribution is 2.40. The molecule has 2 saturated heterocycles. The number of aromatic nitrogens is 1. The summed E-state index contributed by atoms with van der Waals surface area (Å²) in [5.74, 6) is 2.03. The number of fused-ring (bicyclic) bond motifs is 1. The Hall–Kier alpha value is -1.33. The lowest BCUT2D eigenvalue weighted by Crippen LogP contribution is -2.36. The zero-order valence-corrected chi connectivity index (χ0v) is 11.9. The number of hydrogen-bond acceptors (Lipinski definition) is 5. The van der Waals surface area contributed by atoms with Gasteiger partial charge in [0.25, 0.3) is 0 Å². The molecule has 0 aliphatic carbocycles. The van der Waals surface area contributed by atoms with E-state index in [2.05, 4.69) is 28.2 Å². The van der Waals surface area contributed by atoms with Gasteiger partial charge in [0.05, 0.1) is 19.4 Å². The van der Waals surface area contributed by atoms with E-state index in [0.717, 1.165) is 57.3 Å². The molecule has 2 atom stereocenters. The van der Waals surface area contributed by atoms with Gasteiger partial charge in [0, 0.05) is 44.1 Å². The number of nitrogens with one attached hydrogen (secondary N) is 1. The van der Waals surface area contributed by atoms with E-state index < -0.39 is 0 Å². The third-order valence-corrected chi connectivity index (χ3v) is 4.56. The van der Waals surface area contributed by atoms with E-state index in [1.165, 1.54) is 5.56 Å². The van der Waals surface area contributed by atoms with Gasteiger partial charge in [-0.05, 0) is 13.0 Å². The number of anilines is 1. The van der Waals surface area contributed by atoms with Gasteiger partial charge in [0.1, 0.15) is 17.2 Å². The molecule has 1 aromatic heterocycles. The first kappa shape index (κ1) is 12.4. The summed E-state index contributed by atoms with van der Waals surface area (Å²) < 4.78 is 11.6. The Morgan fingerprint density at radius 3 is 3.00 bits per heavy atom. The molecule has 5 heteroatoms. The maximum absolute atomic E-state index is 6.20. The molecule has 3 aliphatic rings. The summed E-state index contributed by atoms with van der Waals surface area (Å²) in [6.45, 7) is 6.60. The molecule has 108 valence electrons. The Kier molecular flexibility index (Phi) is 2.86. The molecule has 2 fully saturated rings. The maximum atomic E-state index is 6.20. The van der Waals surface area contributed by atoms with Crippen LogP contribution in [0.3, 0.4) is 0 Å². The zero-order valence-electron chi connectivity index (χ0n) is 11.9. The molecule has 1 aromatic rings. The van der Waals surface area contributed by atoms with Gasteiger partial charge >= 0.3 is 0 Å². The molecular weight excluding hydrogens is 254 g/mol. The molecule has 2 unspecified atom stereocenters. The Bertz CT molecular complexity index is 516. The zero-order chi connectivity index (χ0) is 13.6. The average Bonchev–Trinajstić information content (AvgIpc) is 3.01. The van der Waals surface area contributed by atoms with Crippen molar-refractivity contribution in [3.8, 4) is 5.75 Å². The lowest BCUT2D eigenvalue weighted by molar-refractivity contribution is 0.115. The lowest BCUT2D eigenvalue weighted by Gasteiger charge is -2.27. The van der Waals surface area contributed by atoms with E-state index >= 15 is 0 Å². The van der Waals surface area contributed by atoms with E-state index in [4.69, 9.17) is 9.47 Å². The number of ether oxygens (including phenoxy) is 2. The fourth-order valence-corrected chi connectivity index (χ4v) is 3.56. The minimum absolute atomic E-state index is 0.0347. The van der Waals surface area contributed by atoms with Crippen molar-refractivity contribution in [3.63, 3.8) is 0 Å². The standard InChI is InChI=1S/C15H21N3O2/c1-11-7-15(10-17-11)8-12-6-14(16-9-13(12)20-15)18-2-4-19-5-3-18/h6,9,11,17H,2-5,7-8,10H2,1H3. The first-order chi connectivity index (χ1) is 9.74. The van der Waals surface area contributed by atoms with E-state index in [9.17, 15) is 0 Å². The van der Waals surface area contributed by atoms with Gasteiger partial charge in [-0.3, -0.25) is 0 Å². The number of rotatable bonds is 1. The van der Waals surface area contributed by atoms with Crippen molar-refractivity contribution in [1.29, 1.82) is 0 Å². The van der Waals surface area contributed by atoms with Crippen molar-refractivity contribution in [2.45, 2.75) is 31.4 Å². The quantitative estimate of drug-likeness (QED) is 0.827. The van der Waals surface area contributed by atoms with Crippen LogP contribution in [0, 0.1) is 0 Å². The molecule has 1 spiro atoms. The first-order valence-electron chi connectivity index (χ1n) is 7.48. The van der Waals surface area contributed by atoms with Crippen LogP contribution in [0.25, 0.3) is 0 Å². The molecule has 0 bridgehead atoms. The first-order valence-corrected chi connectivity index (χ1v) is 7.48. The summed E-state index contributed by atoms with van der Waals surface area (Å²) in [6.07, 6.45) is 3.98. The monoisotopic (exact) mass is 275 g/mol. The van der Waals surface area contributed by atoms with E-state index in [0.29, 0.717) is 6.04 Å². The smallest absolute Gasteiger partial charge is 0.142 e. The van der Waals surface area contributed by atoms with E-state index in [1.807, 2.05) is 6.20 Å². The van der Waals surface area contributed by atoms with Crippen LogP contribution in [0.2, 0.25) is 0 Å². The molecule has 0 radical (unpaired) electrons. The molecule has 5 nitrogen and oxygen atoms in total. The minimum atomic E-state index is -0.0347. The van der Waals surface area contributed by atoms with Crippen molar-refractivity contribution < 1.29 is 9.47 Å². The summed E-state index contributed by atoms with van der Waals surface area (Å²) in [7, 11) is 0. The van der Waals surface area contributed by atoms with Crippen molar-refractivity contribution in [2.24, 2.45) is 0 Å². The van der Waals surface area contributed by atoms with Gasteiger partial charge in [-0.2, -0.15) is 0 Å². The van der Waals surface area contributed by atoms with Gasteiger partial charge in [0.15, 0.2) is 0 Å². The Morgan fingerprint density at radius 2 is 2.25 bits per heavy atom. The lowest BCUT2D eigenvalue weighted by atomic mass is 9.95. The van der Waals surface area contributed by atoms with Gasteiger partial charge in [0.2, 0.25) is 0 Å². The van der Waals surface area contributed by atoms with Gasteiger partial charge in [-0.1, -0.05) is 0 Å². The second-order valence-corrected chi connectivity index (χ2v) is 6.20. The molecule has 3 aliphatic heterocycles. The van der Waals surface area contributed by atoms with Crippen LogP contribution < -0.4 is 15.0 Å². The second-order valence-electron chi connectivity index (χ2n) is 6.20. The topological polar surface area (TPSA) is 46.6 Å². The van der Waals surface area contributed by atoms with Gasteiger partial charge < -0.3 is 19.7 Å². The number of morpholine rings is 1. The normalized spacial score (nSPS) is 32.5. The van der Waals surface area contributed by atoms with Crippen LogP contribution >= 0.6 is 0 Å². The number of nitrogens with zero attached hydrogens (tertiary/aromatic N) is 2. The average molecular weight is 275 g/mol. The van der Waals surface area contributed by atoms with Crippen LogP contribution in [0.5, 0.6) is 5.75 Å². The predicted octanol–water partition coefficient (Wildman–Crippen LogP) is 0.974. The van der Waals surface area contributed by atoms with Crippen LogP contribution in [-0.4, -0.2) is 49.5 Å². The van der Waals surface area contributed by atoms with Crippen LogP contribution in [0.15, 0.2) is 12.3 Å². The van der Waals surface area contributed by atoms with Crippen LogP contribution in [0.1, 0.15) is 18.9 Å². The van der Waals surface area contributed by atoms with Gasteiger partial charge in [-0.15, -0.1) is 0 Å². The second kappa shape index (κ2) is 4.60. The molecule has 1 N–H and O–H groups in total. The van der Waals surface area contributed by atoms with Crippen molar-refractivity contribution >= 4 is 5.82 Å². The SMILES string of the molecule is CC1CC2(CN1)Cc1cc(N3CCOCC3)ncc1O2. The highest BCUT2D eigenvalue weighted by Gasteiger charge is 2.44. The molecule has 4 rings (SSSR count). The predicted molar refractivity (Wildman–Crippen MR) is 76.4 cm³/mol. The van der Waals surface area contributed by atoms with Crippen LogP contribution in [0.4, 0.5) is 5.82 Å². The van der Waals surface area contributed by atoms with Gasteiger partial charge in [-0.25, -0.2) is 4.98 Å². The fourth-order valence-electron chi connectivity index (χ4n) is 3.56. The van der Waals surface area contributed by atoms with Crippen molar-refractivity contribution in [1.82, 2.24) is 10.3 Å². The molecular formula is C15H21N3O2. The Labute approximate surface area is 119 Å². The molecule has 20 heavy (non-hydrogen) atoms. The Balaban J connectivity index is 1.56. The van der Waals surface area contributed by atoms with Crippen molar-refractivity contribution in [3.05, 3.63) is 17.8 Å². The number of hydrogen-bond donors (Lipinski definition) is 1. The summed E-state index contributed by atoms with van der Waals surface area (Å²) in [6, 6.07) is 2.74. The van der Waals surface area contributed by atoms with Crippen LogP contribution in [-0.2, 0) is 11.2 Å². The molecule has 0 aromatic carbocycles. The maximum Gasteiger partial charge on any atom is 0.142 e. The summed E-state index contributed by atoms with van der Waals surface area (Å²) in [5.41, 5.74) is 1.27. The van der Waals surface area contributed by atoms with E-state index in [-0.39, 0.29) is 5.60 Å². The largest absolute Gasteiger partial charge is 0.484 e. The molecule has 0 amide bonds. The molecule has 4 heterocycles. The highest BCUT2D eigenvalue weighted by molar-refractivity contribution is 5.49. The van der Waals surface area contributed by atoms with Crippen molar-refractivity contribution in [2.75, 3.05) is 37.7 Å².